The van der Waals surface area contributed by atoms with Crippen LogP contribution in [0.15, 0.2) is 60.7 Å². The van der Waals surface area contributed by atoms with Gasteiger partial charge >= 0.3 is 0 Å². The van der Waals surface area contributed by atoms with Gasteiger partial charge < -0.3 is 19.1 Å². The van der Waals surface area contributed by atoms with E-state index in [1.165, 1.54) is 27.4 Å². The highest BCUT2D eigenvalue weighted by molar-refractivity contribution is 5.98. The number of aryl methyl sites for hydroxylation is 4. The maximum absolute atomic E-state index is 10.6. The van der Waals surface area contributed by atoms with Gasteiger partial charge in [-0.2, -0.15) is 5.10 Å². The molecule has 0 bridgehead atoms. The molecule has 196 valence electrons. The Morgan fingerprint density at radius 1 is 1.00 bits per heavy atom. The van der Waals surface area contributed by atoms with Gasteiger partial charge in [0.2, 0.25) is 0 Å². The molecule has 38 heavy (non-hydrogen) atoms. The van der Waals surface area contributed by atoms with Crippen molar-refractivity contribution in [3.05, 3.63) is 83.3 Å². The molecule has 0 unspecified atom stereocenters. The fourth-order valence-corrected chi connectivity index (χ4v) is 6.06. The van der Waals surface area contributed by atoms with E-state index in [1.807, 2.05) is 23.9 Å². The molecule has 1 N–H and O–H groups in total. The van der Waals surface area contributed by atoms with Crippen LogP contribution < -0.4 is 4.74 Å². The Bertz CT molecular complexity index is 1590. The van der Waals surface area contributed by atoms with Gasteiger partial charge in [0.05, 0.1) is 36.7 Å². The molecule has 6 heteroatoms. The standard InChI is InChI=1S/C32H35N3O3/c1-22-31-27-14-8-13-26-25(15-9-19-38-30-16-7-11-23-10-3-4-12-24(23)30)28(20-36)35(32(26)27)17-5-6-18-37-21-29(31)34(2)33-22/h3-4,7-8,10-14,16,36H,5-6,9,15,17-21H2,1-2H3. The van der Waals surface area contributed by atoms with E-state index >= 15 is 0 Å². The summed E-state index contributed by atoms with van der Waals surface area (Å²) in [5.41, 5.74) is 7.85. The van der Waals surface area contributed by atoms with Crippen molar-refractivity contribution in [3.8, 4) is 16.9 Å². The molecule has 0 saturated carbocycles. The number of aliphatic hydroxyl groups excluding tert-OH is 1. The molecule has 0 amide bonds. The van der Waals surface area contributed by atoms with Crippen LogP contribution in [0.25, 0.3) is 32.8 Å². The van der Waals surface area contributed by atoms with E-state index in [0.29, 0.717) is 13.2 Å². The van der Waals surface area contributed by atoms with Gasteiger partial charge in [0.1, 0.15) is 5.75 Å². The number of benzene rings is 3. The number of rotatable bonds is 6. The number of hydrogen-bond donors (Lipinski definition) is 1. The number of aromatic nitrogens is 3. The molecule has 0 aliphatic carbocycles. The van der Waals surface area contributed by atoms with Crippen LogP contribution in [-0.4, -0.2) is 32.7 Å². The second-order valence-electron chi connectivity index (χ2n) is 10.2. The van der Waals surface area contributed by atoms with Gasteiger partial charge in [-0.25, -0.2) is 0 Å². The second-order valence-corrected chi connectivity index (χ2v) is 10.2. The number of nitrogens with zero attached hydrogens (tertiary/aromatic N) is 3. The molecule has 5 aromatic rings. The minimum atomic E-state index is 0.0169. The first-order chi connectivity index (χ1) is 18.7. The topological polar surface area (TPSA) is 61.4 Å². The van der Waals surface area contributed by atoms with Crippen LogP contribution in [0.4, 0.5) is 0 Å². The van der Waals surface area contributed by atoms with Crippen LogP contribution in [0, 0.1) is 6.92 Å². The zero-order valence-corrected chi connectivity index (χ0v) is 22.2. The molecular weight excluding hydrogens is 474 g/mol. The van der Waals surface area contributed by atoms with Crippen molar-refractivity contribution in [2.24, 2.45) is 7.05 Å². The zero-order chi connectivity index (χ0) is 26.1. The van der Waals surface area contributed by atoms with Gasteiger partial charge in [0, 0.05) is 47.8 Å². The third-order valence-corrected chi connectivity index (χ3v) is 7.80. The predicted molar refractivity (Wildman–Crippen MR) is 151 cm³/mol. The molecule has 1 aliphatic heterocycles. The molecule has 0 saturated heterocycles. The highest BCUT2D eigenvalue weighted by atomic mass is 16.5. The van der Waals surface area contributed by atoms with E-state index in [4.69, 9.17) is 14.6 Å². The van der Waals surface area contributed by atoms with Crippen LogP contribution in [0.5, 0.6) is 5.75 Å². The third kappa shape index (κ3) is 4.38. The Morgan fingerprint density at radius 2 is 1.82 bits per heavy atom. The summed E-state index contributed by atoms with van der Waals surface area (Å²) in [6, 6.07) is 21.1. The summed E-state index contributed by atoms with van der Waals surface area (Å²) in [5, 5.41) is 18.9. The van der Waals surface area contributed by atoms with E-state index < -0.39 is 0 Å². The molecule has 6 nitrogen and oxygen atoms in total. The van der Waals surface area contributed by atoms with Crippen LogP contribution >= 0.6 is 0 Å². The second kappa shape index (κ2) is 10.6. The van der Waals surface area contributed by atoms with Crippen LogP contribution in [0.2, 0.25) is 0 Å². The number of para-hydroxylation sites is 1. The Balaban J connectivity index is 1.36. The summed E-state index contributed by atoms with van der Waals surface area (Å²) in [4.78, 5) is 0. The SMILES string of the molecule is Cc1nn(C)c2c1-c1cccc3c(CCCOc4cccc5ccccc45)c(CO)n(c13)CCCCOC2. The first kappa shape index (κ1) is 24.7. The summed E-state index contributed by atoms with van der Waals surface area (Å²) in [7, 11) is 1.99. The van der Waals surface area contributed by atoms with Crippen molar-refractivity contribution in [1.82, 2.24) is 14.3 Å². The fourth-order valence-electron chi connectivity index (χ4n) is 6.06. The smallest absolute Gasteiger partial charge is 0.127 e. The lowest BCUT2D eigenvalue weighted by Gasteiger charge is -2.13. The number of aliphatic hydroxyl groups is 1. The molecule has 0 spiro atoms. The lowest BCUT2D eigenvalue weighted by Crippen LogP contribution is -2.07. The molecule has 0 fully saturated rings. The quantitative estimate of drug-likeness (QED) is 0.272. The van der Waals surface area contributed by atoms with Crippen LogP contribution in [-0.2, 0) is 38.0 Å². The summed E-state index contributed by atoms with van der Waals surface area (Å²) >= 11 is 0. The van der Waals surface area contributed by atoms with E-state index in [-0.39, 0.29) is 6.61 Å². The van der Waals surface area contributed by atoms with Crippen molar-refractivity contribution in [1.29, 1.82) is 0 Å². The van der Waals surface area contributed by atoms with E-state index in [9.17, 15) is 5.11 Å². The first-order valence-corrected chi connectivity index (χ1v) is 13.6. The van der Waals surface area contributed by atoms with Gasteiger partial charge in [-0.3, -0.25) is 4.68 Å². The molecule has 6 rings (SSSR count). The molecule has 0 radical (unpaired) electrons. The predicted octanol–water partition coefficient (Wildman–Crippen LogP) is 6.32. The minimum Gasteiger partial charge on any atom is -0.493 e. The Kier molecular flexibility index (Phi) is 6.92. The van der Waals surface area contributed by atoms with Crippen molar-refractivity contribution < 1.29 is 14.6 Å². The Labute approximate surface area is 223 Å². The van der Waals surface area contributed by atoms with Gasteiger partial charge in [-0.15, -0.1) is 0 Å². The van der Waals surface area contributed by atoms with Crippen LogP contribution in [0.3, 0.4) is 0 Å². The summed E-state index contributed by atoms with van der Waals surface area (Å²) in [5.74, 6) is 0.923. The van der Waals surface area contributed by atoms with Gasteiger partial charge in [0.15, 0.2) is 0 Å². The zero-order valence-electron chi connectivity index (χ0n) is 22.2. The summed E-state index contributed by atoms with van der Waals surface area (Å²) in [6.07, 6.45) is 3.69. The van der Waals surface area contributed by atoms with Crippen molar-refractivity contribution >= 4 is 21.7 Å². The average molecular weight is 510 g/mol. The van der Waals surface area contributed by atoms with Crippen LogP contribution in [0.1, 0.15) is 41.9 Å². The maximum atomic E-state index is 10.6. The van der Waals surface area contributed by atoms with Crippen molar-refractivity contribution in [2.45, 2.75) is 52.4 Å². The highest BCUT2D eigenvalue weighted by Crippen LogP contribution is 2.39. The van der Waals surface area contributed by atoms with Crippen molar-refractivity contribution in [2.75, 3.05) is 13.2 Å². The van der Waals surface area contributed by atoms with E-state index in [1.54, 1.807) is 0 Å². The highest BCUT2D eigenvalue weighted by Gasteiger charge is 2.24. The molecule has 1 aliphatic rings. The minimum absolute atomic E-state index is 0.0169. The van der Waals surface area contributed by atoms with E-state index in [0.717, 1.165) is 72.6 Å². The molecule has 3 aromatic carbocycles. The maximum Gasteiger partial charge on any atom is 0.127 e. The summed E-state index contributed by atoms with van der Waals surface area (Å²) < 4.78 is 16.6. The lowest BCUT2D eigenvalue weighted by atomic mass is 9.98. The normalized spacial score (nSPS) is 14.0. The lowest BCUT2D eigenvalue weighted by molar-refractivity contribution is 0.112. The summed E-state index contributed by atoms with van der Waals surface area (Å²) in [6.45, 7) is 4.83. The van der Waals surface area contributed by atoms with Crippen molar-refractivity contribution in [3.63, 3.8) is 0 Å². The monoisotopic (exact) mass is 509 g/mol. The number of fused-ring (bicyclic) bond motifs is 3. The Hall–Kier alpha value is -3.61. The number of ether oxygens (including phenoxy) is 2. The van der Waals surface area contributed by atoms with Gasteiger partial charge in [0.25, 0.3) is 0 Å². The molecule has 0 atom stereocenters. The van der Waals surface area contributed by atoms with Gasteiger partial charge in [-0.1, -0.05) is 54.6 Å². The molecular formula is C32H35N3O3. The average Bonchev–Trinajstić information content (AvgIpc) is 3.38. The molecule has 2 aromatic heterocycles. The third-order valence-electron chi connectivity index (χ3n) is 7.80. The fraction of sp³-hybridized carbons (Fsp3) is 0.344. The largest absolute Gasteiger partial charge is 0.493 e. The number of hydrogen-bond acceptors (Lipinski definition) is 4. The molecule has 3 heterocycles. The first-order valence-electron chi connectivity index (χ1n) is 13.6. The van der Waals surface area contributed by atoms with Gasteiger partial charge in [-0.05, 0) is 49.6 Å². The van der Waals surface area contributed by atoms with E-state index in [2.05, 4.69) is 60.0 Å². The Morgan fingerprint density at radius 3 is 2.71 bits per heavy atom.